The highest BCUT2D eigenvalue weighted by molar-refractivity contribution is 7.99. The van der Waals surface area contributed by atoms with Crippen LogP contribution in [0.15, 0.2) is 387 Å². The Morgan fingerprint density at radius 3 is 0.823 bits per heavy atom. The summed E-state index contributed by atoms with van der Waals surface area (Å²) >= 11 is 3.62. The predicted octanol–water partition coefficient (Wildman–Crippen LogP) is 24.9. The van der Waals surface area contributed by atoms with Crippen LogP contribution < -0.4 is 9.80 Å². The maximum Gasteiger partial charge on any atom is 0.0714 e. The standard InChI is InChI=1S/C92H68N2S2/c1-3-61-95-81-55-41-73(42-56-81)91(71-25-13-7-14-26-71)87-31-19-17-29-83(87)85-59-53-79(63-89(85)91)93(75-45-33-67(34-46-75)65-21-9-5-10-22-65)77-49-37-69(38-50-77)70-39-51-78(52-40-70)94(76-47-35-68(36-48-76)66-23-11-6-12-24-66)80-54-60-86-84-30-18-20-32-88(84)92(90(86)64-80,72-27-15-8-16-28-72)74-43-57-82(58-44-74)96-62-4-2/h3-60,63-64H,1-2,61-62H2. The van der Waals surface area contributed by atoms with Gasteiger partial charge in [0.2, 0.25) is 0 Å². The largest absolute Gasteiger partial charge is 0.310 e. The Hall–Kier alpha value is -11.1. The molecule has 0 heterocycles. The van der Waals surface area contributed by atoms with Crippen molar-refractivity contribution in [2.75, 3.05) is 21.3 Å². The third-order valence-electron chi connectivity index (χ3n) is 19.3. The third kappa shape index (κ3) is 10.6. The first-order valence-electron chi connectivity index (χ1n) is 32.9. The molecule has 16 rings (SSSR count). The minimum atomic E-state index is -0.582. The second-order valence-electron chi connectivity index (χ2n) is 24.6. The second-order valence-corrected chi connectivity index (χ2v) is 26.8. The molecule has 0 N–H and O–H groups in total. The van der Waals surface area contributed by atoms with Gasteiger partial charge in [-0.25, -0.2) is 0 Å². The SMILES string of the molecule is C=CCSc1ccc(C2(c3ccccc3)c3ccccc3-c3ccc(N(c4ccc(-c5ccccc5)cc4)c4ccc(-c5ccc(N(c6ccc(-c7ccccc7)cc6)c6ccc7c(c6)C(c6ccccc6)(c6ccc(SCC=C)cc6)c6ccccc6-7)cc5)cc4)cc32)cc1. The molecule has 2 aliphatic carbocycles. The monoisotopic (exact) mass is 1260 g/mol. The first-order valence-corrected chi connectivity index (χ1v) is 34.9. The molecule has 0 saturated heterocycles. The lowest BCUT2D eigenvalue weighted by Gasteiger charge is -2.35. The van der Waals surface area contributed by atoms with Gasteiger partial charge in [0.25, 0.3) is 0 Å². The van der Waals surface area contributed by atoms with E-state index in [9.17, 15) is 0 Å². The van der Waals surface area contributed by atoms with Gasteiger partial charge in [-0.05, 0) is 197 Å². The minimum absolute atomic E-state index is 0.582. The van der Waals surface area contributed by atoms with Gasteiger partial charge in [0, 0.05) is 55.4 Å². The van der Waals surface area contributed by atoms with Gasteiger partial charge in [-0.3, -0.25) is 0 Å². The number of fused-ring (bicyclic) bond motifs is 6. The van der Waals surface area contributed by atoms with Gasteiger partial charge in [0.1, 0.15) is 0 Å². The normalized spacial score (nSPS) is 14.8. The maximum absolute atomic E-state index is 4.00. The Morgan fingerprint density at radius 1 is 0.240 bits per heavy atom. The number of anilines is 6. The van der Waals surface area contributed by atoms with Crippen molar-refractivity contribution in [3.05, 3.63) is 422 Å². The van der Waals surface area contributed by atoms with Crippen LogP contribution in [-0.2, 0) is 10.8 Å². The first-order chi connectivity index (χ1) is 47.5. The Labute approximate surface area is 572 Å². The van der Waals surface area contributed by atoms with E-state index in [2.05, 4.69) is 375 Å². The van der Waals surface area contributed by atoms with Crippen molar-refractivity contribution in [2.24, 2.45) is 0 Å². The van der Waals surface area contributed by atoms with Crippen molar-refractivity contribution in [2.45, 2.75) is 20.6 Å². The molecule has 0 spiro atoms. The molecular formula is C92H68N2S2. The summed E-state index contributed by atoms with van der Waals surface area (Å²) in [5.41, 5.74) is 27.2. The molecule has 0 saturated carbocycles. The van der Waals surface area contributed by atoms with E-state index < -0.39 is 10.8 Å². The molecule has 2 aliphatic rings. The summed E-state index contributed by atoms with van der Waals surface area (Å²) in [7, 11) is 0. The Kier molecular flexibility index (Phi) is 16.2. The van der Waals surface area contributed by atoms with E-state index in [4.69, 9.17) is 0 Å². The Morgan fingerprint density at radius 2 is 0.500 bits per heavy atom. The van der Waals surface area contributed by atoms with Gasteiger partial charge in [-0.1, -0.05) is 267 Å². The van der Waals surface area contributed by atoms with E-state index in [0.717, 1.165) is 56.8 Å². The molecule has 0 amide bonds. The van der Waals surface area contributed by atoms with Gasteiger partial charge >= 0.3 is 0 Å². The lowest BCUT2D eigenvalue weighted by atomic mass is 9.67. The molecule has 0 aliphatic heterocycles. The number of rotatable bonds is 19. The molecule has 2 unspecified atom stereocenters. The van der Waals surface area contributed by atoms with E-state index in [1.807, 2.05) is 35.7 Å². The van der Waals surface area contributed by atoms with Gasteiger partial charge < -0.3 is 9.80 Å². The van der Waals surface area contributed by atoms with Crippen LogP contribution in [-0.4, -0.2) is 11.5 Å². The van der Waals surface area contributed by atoms with Crippen molar-refractivity contribution >= 4 is 57.6 Å². The maximum atomic E-state index is 4.00. The molecule has 4 heteroatoms. The molecule has 458 valence electrons. The second kappa shape index (κ2) is 26.0. The van der Waals surface area contributed by atoms with Crippen LogP contribution in [0.4, 0.5) is 34.1 Å². The fourth-order valence-corrected chi connectivity index (χ4v) is 16.3. The lowest BCUT2D eigenvalue weighted by Crippen LogP contribution is -2.28. The quantitative estimate of drug-likeness (QED) is 0.0588. The Bertz CT molecular complexity index is 4770. The summed E-state index contributed by atoms with van der Waals surface area (Å²) in [5, 5.41) is 0. The van der Waals surface area contributed by atoms with E-state index in [-0.39, 0.29) is 0 Å². The zero-order valence-corrected chi connectivity index (χ0v) is 54.8. The number of thioether (sulfide) groups is 2. The minimum Gasteiger partial charge on any atom is -0.310 e. The number of nitrogens with zero attached hydrogens (tertiary/aromatic N) is 2. The smallest absolute Gasteiger partial charge is 0.0714 e. The van der Waals surface area contributed by atoms with Crippen molar-refractivity contribution in [1.29, 1.82) is 0 Å². The zero-order chi connectivity index (χ0) is 64.4. The fraction of sp³-hybridized carbons (Fsp3) is 0.0435. The molecule has 96 heavy (non-hydrogen) atoms. The first kappa shape index (κ1) is 59.8. The van der Waals surface area contributed by atoms with Crippen molar-refractivity contribution in [3.8, 4) is 55.6 Å². The van der Waals surface area contributed by atoms with Crippen LogP contribution in [0, 0.1) is 0 Å². The van der Waals surface area contributed by atoms with Crippen molar-refractivity contribution < 1.29 is 0 Å². The number of hydrogen-bond donors (Lipinski definition) is 0. The molecule has 2 atom stereocenters. The molecule has 0 aromatic heterocycles. The highest BCUT2D eigenvalue weighted by Crippen LogP contribution is 2.60. The van der Waals surface area contributed by atoms with Crippen LogP contribution in [0.25, 0.3) is 55.6 Å². The van der Waals surface area contributed by atoms with E-state index >= 15 is 0 Å². The van der Waals surface area contributed by atoms with Gasteiger partial charge in [0.05, 0.1) is 10.8 Å². The van der Waals surface area contributed by atoms with E-state index in [1.54, 1.807) is 0 Å². The van der Waals surface area contributed by atoms with Crippen molar-refractivity contribution in [3.63, 3.8) is 0 Å². The summed E-state index contributed by atoms with van der Waals surface area (Å²) in [6.45, 7) is 8.00. The number of benzene rings is 14. The van der Waals surface area contributed by atoms with E-state index in [1.165, 1.54) is 98.8 Å². The van der Waals surface area contributed by atoms with Crippen molar-refractivity contribution in [1.82, 2.24) is 0 Å². The zero-order valence-electron chi connectivity index (χ0n) is 53.2. The summed E-state index contributed by atoms with van der Waals surface area (Å²) in [6, 6.07) is 131. The summed E-state index contributed by atoms with van der Waals surface area (Å²) < 4.78 is 0. The predicted molar refractivity (Wildman–Crippen MR) is 409 cm³/mol. The summed E-state index contributed by atoms with van der Waals surface area (Å²) in [6.07, 6.45) is 3.94. The van der Waals surface area contributed by atoms with Crippen LogP contribution in [0.1, 0.15) is 44.5 Å². The van der Waals surface area contributed by atoms with Crippen LogP contribution >= 0.6 is 23.5 Å². The average Bonchev–Trinajstić information content (AvgIpc) is 1.50. The van der Waals surface area contributed by atoms with Gasteiger partial charge in [0.15, 0.2) is 0 Å². The third-order valence-corrected chi connectivity index (χ3v) is 21.4. The van der Waals surface area contributed by atoms with Crippen LogP contribution in [0.5, 0.6) is 0 Å². The molecule has 0 fully saturated rings. The molecule has 14 aromatic carbocycles. The van der Waals surface area contributed by atoms with Crippen LogP contribution in [0.2, 0.25) is 0 Å². The average molecular weight is 1270 g/mol. The molecular weight excluding hydrogens is 1200 g/mol. The van der Waals surface area contributed by atoms with Gasteiger partial charge in [-0.15, -0.1) is 36.7 Å². The topological polar surface area (TPSA) is 6.48 Å². The summed E-state index contributed by atoms with van der Waals surface area (Å²) in [5.74, 6) is 1.71. The molecule has 14 aromatic rings. The Balaban J connectivity index is 0.800. The van der Waals surface area contributed by atoms with E-state index in [0.29, 0.717) is 0 Å². The molecule has 0 bridgehead atoms. The highest BCUT2D eigenvalue weighted by atomic mass is 32.2. The lowest BCUT2D eigenvalue weighted by molar-refractivity contribution is 0.767. The van der Waals surface area contributed by atoms with Crippen LogP contribution in [0.3, 0.4) is 0 Å². The molecule has 2 nitrogen and oxygen atoms in total. The fourth-order valence-electron chi connectivity index (χ4n) is 15.0. The van der Waals surface area contributed by atoms with Gasteiger partial charge in [-0.2, -0.15) is 0 Å². The number of hydrogen-bond acceptors (Lipinski definition) is 4. The summed E-state index contributed by atoms with van der Waals surface area (Å²) in [4.78, 5) is 7.31. The highest BCUT2D eigenvalue weighted by Gasteiger charge is 2.48. The molecule has 0 radical (unpaired) electrons.